The maximum atomic E-state index is 4.87. The monoisotopic (exact) mass is 789 g/mol. The van der Waals surface area contributed by atoms with Gasteiger partial charge < -0.3 is 9.97 Å². The van der Waals surface area contributed by atoms with Crippen LogP contribution < -0.4 is 5.19 Å². The van der Waals surface area contributed by atoms with Gasteiger partial charge in [-0.1, -0.05) is 93.3 Å². The summed E-state index contributed by atoms with van der Waals surface area (Å²) in [6, 6.07) is 34.4. The van der Waals surface area contributed by atoms with E-state index in [0.29, 0.717) is 11.8 Å². The Bertz CT molecular complexity index is 1820. The van der Waals surface area contributed by atoms with Crippen molar-refractivity contribution in [3.63, 3.8) is 0 Å². The number of nitrogens with zero attached hydrogens (tertiary/aromatic N) is 2. The first-order chi connectivity index (χ1) is 20.8. The number of rotatable bonds is 5. The van der Waals surface area contributed by atoms with E-state index in [4.69, 9.17) is 4.98 Å². The van der Waals surface area contributed by atoms with E-state index in [2.05, 4.69) is 111 Å². The molecule has 7 rings (SSSR count). The smallest absolute Gasteiger partial charge is 0.0783 e. The Kier molecular flexibility index (Phi) is 10.3. The molecule has 1 radical (unpaired) electrons. The molecule has 0 spiro atoms. The van der Waals surface area contributed by atoms with Gasteiger partial charge in [-0.3, -0.25) is 0 Å². The molecule has 1 saturated carbocycles. The molecule has 44 heavy (non-hydrogen) atoms. The average molecular weight is 789 g/mol. The first kappa shape index (κ1) is 32.4. The van der Waals surface area contributed by atoms with E-state index in [1.54, 1.807) is 5.19 Å². The number of benzene rings is 3. The largest absolute Gasteiger partial charge is 0.304 e. The van der Waals surface area contributed by atoms with Gasteiger partial charge in [-0.05, 0) is 63.3 Å². The zero-order valence-corrected chi connectivity index (χ0v) is 30.5. The number of aromatic nitrogens is 2. The topological polar surface area (TPSA) is 25.8 Å². The second-order valence-corrected chi connectivity index (χ2v) is 19.1. The Morgan fingerprint density at radius 2 is 1.57 bits per heavy atom. The predicted octanol–water partition coefficient (Wildman–Crippen LogP) is 10.8. The van der Waals surface area contributed by atoms with Crippen LogP contribution >= 0.6 is 11.3 Å². The third-order valence-corrected chi connectivity index (χ3v) is 11.8. The molecule has 0 N–H and O–H groups in total. The van der Waals surface area contributed by atoms with Crippen molar-refractivity contribution in [2.75, 3.05) is 0 Å². The van der Waals surface area contributed by atoms with Crippen LogP contribution in [0.25, 0.3) is 42.7 Å². The average Bonchev–Trinajstić information content (AvgIpc) is 3.70. The molecule has 3 heterocycles. The van der Waals surface area contributed by atoms with Gasteiger partial charge in [0.25, 0.3) is 0 Å². The van der Waals surface area contributed by atoms with Crippen LogP contribution in [0.2, 0.25) is 19.6 Å². The minimum atomic E-state index is -1.42. The molecule has 3 aromatic heterocycles. The van der Waals surface area contributed by atoms with E-state index in [1.807, 2.05) is 41.8 Å². The van der Waals surface area contributed by atoms with E-state index < -0.39 is 8.07 Å². The zero-order chi connectivity index (χ0) is 30.0. The fraction of sp³-hybridized carbons (Fsp3) is 0.282. The number of fused-ring (bicyclic) bond motifs is 3. The Hall–Kier alpha value is -2.95. The van der Waals surface area contributed by atoms with Gasteiger partial charge in [-0.2, -0.15) is 11.3 Å². The summed E-state index contributed by atoms with van der Waals surface area (Å²) in [5.74, 6) is 1.25. The molecule has 0 bridgehead atoms. The first-order valence-corrected chi connectivity index (χ1v) is 19.9. The summed E-state index contributed by atoms with van der Waals surface area (Å²) >= 11 is 1.89. The van der Waals surface area contributed by atoms with Gasteiger partial charge in [0.1, 0.15) is 0 Å². The van der Waals surface area contributed by atoms with E-state index in [-0.39, 0.29) is 20.1 Å². The van der Waals surface area contributed by atoms with Crippen molar-refractivity contribution in [1.82, 2.24) is 9.97 Å². The van der Waals surface area contributed by atoms with Gasteiger partial charge in [0.2, 0.25) is 0 Å². The van der Waals surface area contributed by atoms with Crippen LogP contribution in [0.1, 0.15) is 62.5 Å². The Morgan fingerprint density at radius 1 is 0.795 bits per heavy atom. The number of hydrogen-bond acceptors (Lipinski definition) is 3. The van der Waals surface area contributed by atoms with Gasteiger partial charge in [0.05, 0.1) is 8.07 Å². The van der Waals surface area contributed by atoms with Crippen LogP contribution in [0.3, 0.4) is 0 Å². The Balaban J connectivity index is 0.000000204. The van der Waals surface area contributed by atoms with Gasteiger partial charge in [-0.25, -0.2) is 0 Å². The fourth-order valence-corrected chi connectivity index (χ4v) is 9.06. The van der Waals surface area contributed by atoms with Crippen molar-refractivity contribution in [1.29, 1.82) is 0 Å². The molecule has 1 aliphatic carbocycles. The van der Waals surface area contributed by atoms with Crippen LogP contribution in [0.15, 0.2) is 91.3 Å². The standard InChI is InChI=1S/C25H26NSSi.C14H14N.Ir/c1-28(2,3)23-13-7-12-22-24(23)20-11-6-10-19(25(20)27-22)21-15-14-18(16-26-21)17-8-4-5-9-17;1-11(2)13-8-9-14(15-10-13)12-6-4-3-5-7-12;/h6-7,11-17H,4-5,8-9H2,1-3H3;3-6,8-11H,1-2H3;/q2*-1;. The summed E-state index contributed by atoms with van der Waals surface area (Å²) in [5.41, 5.74) is 6.92. The molecular weight excluding hydrogens is 749 g/mol. The van der Waals surface area contributed by atoms with Crippen LogP contribution in [-0.4, -0.2) is 18.0 Å². The zero-order valence-electron chi connectivity index (χ0n) is 26.3. The third-order valence-electron chi connectivity index (χ3n) is 8.57. The first-order valence-electron chi connectivity index (χ1n) is 15.6. The van der Waals surface area contributed by atoms with Crippen LogP contribution in [-0.2, 0) is 20.1 Å². The van der Waals surface area contributed by atoms with Crippen molar-refractivity contribution in [2.24, 2.45) is 0 Å². The van der Waals surface area contributed by atoms with E-state index >= 15 is 0 Å². The van der Waals surface area contributed by atoms with Gasteiger partial charge in [0.15, 0.2) is 0 Å². The minimum absolute atomic E-state index is 0. The summed E-state index contributed by atoms with van der Waals surface area (Å²) in [6.07, 6.45) is 9.41. The maximum Gasteiger partial charge on any atom is 0.0783 e. The Labute approximate surface area is 281 Å². The van der Waals surface area contributed by atoms with Gasteiger partial charge in [-0.15, -0.1) is 59.7 Å². The van der Waals surface area contributed by atoms with E-state index in [1.165, 1.54) is 57.0 Å². The van der Waals surface area contributed by atoms with Crippen LogP contribution in [0.5, 0.6) is 0 Å². The second kappa shape index (κ2) is 14.0. The van der Waals surface area contributed by atoms with Crippen molar-refractivity contribution >= 4 is 44.8 Å². The molecule has 0 aliphatic heterocycles. The number of pyridine rings is 2. The quantitative estimate of drug-likeness (QED) is 0.128. The molecule has 6 aromatic rings. The molecule has 0 atom stereocenters. The second-order valence-electron chi connectivity index (χ2n) is 13.0. The summed E-state index contributed by atoms with van der Waals surface area (Å²) in [5, 5.41) is 4.38. The molecule has 0 amide bonds. The number of thiophene rings is 1. The normalized spacial score (nSPS) is 13.6. The number of hydrogen-bond donors (Lipinski definition) is 0. The maximum absolute atomic E-state index is 4.87. The molecule has 5 heteroatoms. The molecule has 1 aliphatic rings. The molecule has 227 valence electrons. The minimum Gasteiger partial charge on any atom is -0.304 e. The third kappa shape index (κ3) is 6.97. The molecule has 3 aromatic carbocycles. The van der Waals surface area contributed by atoms with Crippen LogP contribution in [0, 0.1) is 12.1 Å². The van der Waals surface area contributed by atoms with E-state index in [9.17, 15) is 0 Å². The summed E-state index contributed by atoms with van der Waals surface area (Å²) in [7, 11) is -1.42. The van der Waals surface area contributed by atoms with Gasteiger partial charge in [0, 0.05) is 37.2 Å². The van der Waals surface area contributed by atoms with Crippen molar-refractivity contribution in [3.05, 3.63) is 115 Å². The molecule has 1 fully saturated rings. The van der Waals surface area contributed by atoms with E-state index in [0.717, 1.165) is 22.5 Å². The Morgan fingerprint density at radius 3 is 2.20 bits per heavy atom. The van der Waals surface area contributed by atoms with Crippen molar-refractivity contribution < 1.29 is 20.1 Å². The summed E-state index contributed by atoms with van der Waals surface area (Å²) in [6.45, 7) is 11.6. The molecule has 2 nitrogen and oxygen atoms in total. The fourth-order valence-electron chi connectivity index (χ4n) is 6.12. The summed E-state index contributed by atoms with van der Waals surface area (Å²) in [4.78, 5) is 9.31. The van der Waals surface area contributed by atoms with Crippen molar-refractivity contribution in [2.45, 2.75) is 71.0 Å². The van der Waals surface area contributed by atoms with Crippen molar-refractivity contribution in [3.8, 4) is 22.5 Å². The summed E-state index contributed by atoms with van der Waals surface area (Å²) < 4.78 is 2.71. The van der Waals surface area contributed by atoms with Crippen LogP contribution in [0.4, 0.5) is 0 Å². The molecular formula is C39H40IrN2SSi-2. The molecule has 0 unspecified atom stereocenters. The molecule has 0 saturated heterocycles. The van der Waals surface area contributed by atoms with Gasteiger partial charge >= 0.3 is 0 Å². The SMILES string of the molecule is CC(C)c1ccc(-c2[c-]cccc2)nc1.C[Si](C)(C)c1cccc2sc3c(-c4ccc(C5CCCC5)cn4)[c-]ccc3c12.[Ir]. The predicted molar refractivity (Wildman–Crippen MR) is 188 cm³/mol.